The molecular formula is C22H17N3O3S2. The van der Waals surface area contributed by atoms with Gasteiger partial charge in [0.1, 0.15) is 5.03 Å². The lowest BCUT2D eigenvalue weighted by molar-refractivity contribution is -0.115. The first-order chi connectivity index (χ1) is 14.7. The van der Waals surface area contributed by atoms with Gasteiger partial charge in [-0.1, -0.05) is 36.0 Å². The minimum atomic E-state index is -0.357. The van der Waals surface area contributed by atoms with E-state index in [-0.39, 0.29) is 18.0 Å². The lowest BCUT2D eigenvalue weighted by atomic mass is 10.2. The zero-order valence-electron chi connectivity index (χ0n) is 16.0. The maximum absolute atomic E-state index is 12.8. The standard InChI is InChI=1S/C22H17N3O3S2/c1-13(21(26)23-14-8-9-17-18(11-14)28-12-27-17)30-22-15-5-2-3-6-16(15)24-20(25-22)19-7-4-10-29-19/h2-11,13H,12H2,1H3,(H,23,26)/t13-/m0/s1. The molecule has 4 aromatic rings. The first-order valence-corrected chi connectivity index (χ1v) is 11.1. The highest BCUT2D eigenvalue weighted by Crippen LogP contribution is 2.35. The van der Waals surface area contributed by atoms with Gasteiger partial charge in [0.25, 0.3) is 0 Å². The average molecular weight is 436 g/mol. The van der Waals surface area contributed by atoms with Gasteiger partial charge in [0.2, 0.25) is 12.7 Å². The van der Waals surface area contributed by atoms with E-state index >= 15 is 0 Å². The normalized spacial score (nSPS) is 13.4. The molecule has 0 radical (unpaired) electrons. The number of amides is 1. The van der Waals surface area contributed by atoms with Gasteiger partial charge in [0.05, 0.1) is 15.6 Å². The van der Waals surface area contributed by atoms with Gasteiger partial charge in [-0.3, -0.25) is 4.79 Å². The summed E-state index contributed by atoms with van der Waals surface area (Å²) in [4.78, 5) is 23.3. The van der Waals surface area contributed by atoms with E-state index in [4.69, 9.17) is 19.4 Å². The quantitative estimate of drug-likeness (QED) is 0.343. The lowest BCUT2D eigenvalue weighted by Crippen LogP contribution is -2.22. The molecule has 1 aliphatic heterocycles. The Balaban J connectivity index is 1.39. The highest BCUT2D eigenvalue weighted by atomic mass is 32.2. The van der Waals surface area contributed by atoms with Gasteiger partial charge in [-0.25, -0.2) is 9.97 Å². The summed E-state index contributed by atoms with van der Waals surface area (Å²) < 4.78 is 10.7. The molecule has 1 atom stereocenters. The Bertz CT molecular complexity index is 1230. The molecule has 0 saturated carbocycles. The fourth-order valence-electron chi connectivity index (χ4n) is 3.09. The molecule has 1 amide bonds. The number of benzene rings is 2. The molecule has 1 N–H and O–H groups in total. The number of hydrogen-bond acceptors (Lipinski definition) is 7. The van der Waals surface area contributed by atoms with E-state index in [0.29, 0.717) is 23.0 Å². The predicted molar refractivity (Wildman–Crippen MR) is 119 cm³/mol. The number of carbonyl (C=O) groups is 1. The van der Waals surface area contributed by atoms with Crippen molar-refractivity contribution in [3.63, 3.8) is 0 Å². The number of thioether (sulfide) groups is 1. The molecule has 5 rings (SSSR count). The van der Waals surface area contributed by atoms with Crippen molar-refractivity contribution in [2.75, 3.05) is 12.1 Å². The molecule has 3 heterocycles. The minimum Gasteiger partial charge on any atom is -0.454 e. The average Bonchev–Trinajstić information content (AvgIpc) is 3.45. The van der Waals surface area contributed by atoms with Gasteiger partial charge in [-0.05, 0) is 36.6 Å². The zero-order chi connectivity index (χ0) is 20.5. The highest BCUT2D eigenvalue weighted by Gasteiger charge is 2.20. The Hall–Kier alpha value is -3.10. The van der Waals surface area contributed by atoms with Gasteiger partial charge in [0, 0.05) is 17.1 Å². The third kappa shape index (κ3) is 3.71. The second kappa shape index (κ2) is 7.97. The Kier molecular flexibility index (Phi) is 5.02. The number of hydrogen-bond donors (Lipinski definition) is 1. The van der Waals surface area contributed by atoms with E-state index in [2.05, 4.69) is 5.32 Å². The topological polar surface area (TPSA) is 73.3 Å². The van der Waals surface area contributed by atoms with Crippen molar-refractivity contribution in [1.82, 2.24) is 9.97 Å². The van der Waals surface area contributed by atoms with Crippen LogP contribution in [0, 0.1) is 0 Å². The van der Waals surface area contributed by atoms with Crippen LogP contribution in [0.15, 0.2) is 65.0 Å². The second-order valence-electron chi connectivity index (χ2n) is 6.66. The SMILES string of the molecule is C[C@H](Sc1nc(-c2cccs2)nc2ccccc12)C(=O)Nc1ccc2c(c1)OCO2. The summed E-state index contributed by atoms with van der Waals surface area (Å²) in [6, 6.07) is 17.2. The van der Waals surface area contributed by atoms with Crippen molar-refractivity contribution >= 4 is 45.6 Å². The second-order valence-corrected chi connectivity index (χ2v) is 8.94. The third-order valence-electron chi connectivity index (χ3n) is 4.61. The Morgan fingerprint density at radius 3 is 2.83 bits per heavy atom. The molecule has 2 aromatic carbocycles. The third-order valence-corrected chi connectivity index (χ3v) is 6.58. The van der Waals surface area contributed by atoms with E-state index in [1.54, 1.807) is 29.5 Å². The Morgan fingerprint density at radius 2 is 1.97 bits per heavy atom. The highest BCUT2D eigenvalue weighted by molar-refractivity contribution is 8.00. The van der Waals surface area contributed by atoms with E-state index in [9.17, 15) is 4.79 Å². The van der Waals surface area contributed by atoms with Crippen molar-refractivity contribution in [2.24, 2.45) is 0 Å². The first-order valence-electron chi connectivity index (χ1n) is 9.35. The number of carbonyl (C=O) groups excluding carboxylic acids is 1. The lowest BCUT2D eigenvalue weighted by Gasteiger charge is -2.14. The Morgan fingerprint density at radius 1 is 1.10 bits per heavy atom. The van der Waals surface area contributed by atoms with E-state index in [0.717, 1.165) is 20.8 Å². The number of thiophene rings is 1. The fourth-order valence-corrected chi connectivity index (χ4v) is 4.69. The monoisotopic (exact) mass is 435 g/mol. The summed E-state index contributed by atoms with van der Waals surface area (Å²) in [6.07, 6.45) is 0. The summed E-state index contributed by atoms with van der Waals surface area (Å²) in [5.41, 5.74) is 1.53. The van der Waals surface area contributed by atoms with Crippen LogP contribution in [0.2, 0.25) is 0 Å². The molecular weight excluding hydrogens is 418 g/mol. The number of aromatic nitrogens is 2. The largest absolute Gasteiger partial charge is 0.454 e. The van der Waals surface area contributed by atoms with Gasteiger partial charge < -0.3 is 14.8 Å². The van der Waals surface area contributed by atoms with Crippen LogP contribution in [-0.2, 0) is 4.79 Å². The van der Waals surface area contributed by atoms with E-state index in [1.807, 2.05) is 48.7 Å². The number of nitrogens with one attached hydrogen (secondary N) is 1. The van der Waals surface area contributed by atoms with E-state index < -0.39 is 0 Å². The van der Waals surface area contributed by atoms with Gasteiger partial charge >= 0.3 is 0 Å². The molecule has 0 bridgehead atoms. The van der Waals surface area contributed by atoms with Crippen molar-refractivity contribution < 1.29 is 14.3 Å². The minimum absolute atomic E-state index is 0.112. The molecule has 0 unspecified atom stereocenters. The molecule has 0 fully saturated rings. The van der Waals surface area contributed by atoms with Crippen LogP contribution >= 0.6 is 23.1 Å². The maximum Gasteiger partial charge on any atom is 0.237 e. The molecule has 150 valence electrons. The summed E-state index contributed by atoms with van der Waals surface area (Å²) in [5, 5.41) is 6.32. The van der Waals surface area contributed by atoms with Crippen LogP contribution in [0.1, 0.15) is 6.92 Å². The summed E-state index contributed by atoms with van der Waals surface area (Å²) >= 11 is 3.02. The Labute approximate surface area is 181 Å². The van der Waals surface area contributed by atoms with Gasteiger partial charge in [-0.15, -0.1) is 11.3 Å². The van der Waals surface area contributed by atoms with E-state index in [1.165, 1.54) is 11.8 Å². The zero-order valence-corrected chi connectivity index (χ0v) is 17.6. The maximum atomic E-state index is 12.8. The number of anilines is 1. The number of ether oxygens (including phenoxy) is 2. The summed E-state index contributed by atoms with van der Waals surface area (Å²) in [7, 11) is 0. The van der Waals surface area contributed by atoms with Crippen LogP contribution in [-0.4, -0.2) is 27.9 Å². The molecule has 0 spiro atoms. The summed E-state index contributed by atoms with van der Waals surface area (Å²) in [6.45, 7) is 2.07. The van der Waals surface area contributed by atoms with Crippen molar-refractivity contribution in [1.29, 1.82) is 0 Å². The summed E-state index contributed by atoms with van der Waals surface area (Å²) in [5.74, 6) is 1.88. The van der Waals surface area contributed by atoms with Crippen molar-refractivity contribution in [2.45, 2.75) is 17.2 Å². The van der Waals surface area contributed by atoms with Crippen LogP contribution in [0.25, 0.3) is 21.6 Å². The van der Waals surface area contributed by atoms with Crippen LogP contribution in [0.3, 0.4) is 0 Å². The smallest absolute Gasteiger partial charge is 0.237 e. The van der Waals surface area contributed by atoms with Gasteiger partial charge in [-0.2, -0.15) is 0 Å². The van der Waals surface area contributed by atoms with Crippen LogP contribution < -0.4 is 14.8 Å². The number of fused-ring (bicyclic) bond motifs is 2. The first kappa shape index (κ1) is 18.9. The fraction of sp³-hybridized carbons (Fsp3) is 0.136. The van der Waals surface area contributed by atoms with Gasteiger partial charge in [0.15, 0.2) is 17.3 Å². The molecule has 1 aliphatic rings. The predicted octanol–water partition coefficient (Wildman–Crippen LogP) is 5.21. The molecule has 0 saturated heterocycles. The van der Waals surface area contributed by atoms with Crippen LogP contribution in [0.5, 0.6) is 11.5 Å². The van der Waals surface area contributed by atoms with Crippen molar-refractivity contribution in [3.05, 3.63) is 60.0 Å². The number of rotatable bonds is 5. The molecule has 6 nitrogen and oxygen atoms in total. The molecule has 2 aromatic heterocycles. The molecule has 30 heavy (non-hydrogen) atoms. The molecule has 8 heteroatoms. The van der Waals surface area contributed by atoms with Crippen molar-refractivity contribution in [3.8, 4) is 22.2 Å². The number of para-hydroxylation sites is 1. The van der Waals surface area contributed by atoms with Crippen LogP contribution in [0.4, 0.5) is 5.69 Å². The molecule has 0 aliphatic carbocycles. The number of nitrogens with zero attached hydrogens (tertiary/aromatic N) is 2.